The molecular weight excluding hydrogens is 218 g/mol. The van der Waals surface area contributed by atoms with Crippen molar-refractivity contribution in [3.05, 3.63) is 34.9 Å². The van der Waals surface area contributed by atoms with Crippen LogP contribution in [-0.4, -0.2) is 0 Å². The minimum absolute atomic E-state index is 0.154. The Bertz CT molecular complexity index is 343. The van der Waals surface area contributed by atoms with E-state index in [0.29, 0.717) is 0 Å². The van der Waals surface area contributed by atoms with Crippen LogP contribution in [0.2, 0.25) is 0 Å². The van der Waals surface area contributed by atoms with E-state index in [-0.39, 0.29) is 16.4 Å². The molecule has 0 aromatic heterocycles. The van der Waals surface area contributed by atoms with E-state index in [0.717, 1.165) is 0 Å². The largest absolute Gasteiger partial charge is 0.322 e. The molecule has 1 rings (SSSR count). The summed E-state index contributed by atoms with van der Waals surface area (Å²) in [5.41, 5.74) is 10.2. The molecule has 2 N–H and O–H groups in total. The van der Waals surface area contributed by atoms with Crippen molar-refractivity contribution >= 4 is 0 Å². The summed E-state index contributed by atoms with van der Waals surface area (Å²) in [5.74, 6) is 0. The molecule has 0 aliphatic heterocycles. The summed E-state index contributed by atoms with van der Waals surface area (Å²) in [6, 6.07) is 6.85. The zero-order valence-electron chi connectivity index (χ0n) is 13.3. The predicted octanol–water partition coefficient (Wildman–Crippen LogP) is 4.48. The van der Waals surface area contributed by atoms with Crippen molar-refractivity contribution in [1.82, 2.24) is 0 Å². The maximum absolute atomic E-state index is 6.28. The fourth-order valence-corrected chi connectivity index (χ4v) is 1.87. The Labute approximate surface area is 113 Å². The van der Waals surface area contributed by atoms with Gasteiger partial charge in [0.15, 0.2) is 0 Å². The molecule has 0 aliphatic rings. The van der Waals surface area contributed by atoms with Gasteiger partial charge in [0, 0.05) is 5.54 Å². The molecule has 0 atom stereocenters. The lowest BCUT2D eigenvalue weighted by Crippen LogP contribution is -2.30. The summed E-state index contributed by atoms with van der Waals surface area (Å²) in [7, 11) is 0. The van der Waals surface area contributed by atoms with E-state index in [4.69, 9.17) is 5.73 Å². The molecule has 0 radical (unpaired) electrons. The van der Waals surface area contributed by atoms with Gasteiger partial charge in [0.25, 0.3) is 0 Å². The predicted molar refractivity (Wildman–Crippen MR) is 81.1 cm³/mol. The standard InChI is InChI=1S/C17H29N/c1-15(2,3)12-9-13(16(4,5)6)11-14(10-12)17(7,8)18/h9-11H,18H2,1-8H3. The second-order valence-corrected chi connectivity index (χ2v) is 8.02. The average Bonchev–Trinajstić information content (AvgIpc) is 2.13. The molecule has 18 heavy (non-hydrogen) atoms. The number of nitrogens with two attached hydrogens (primary N) is 1. The van der Waals surface area contributed by atoms with Crippen molar-refractivity contribution in [1.29, 1.82) is 0 Å². The lowest BCUT2D eigenvalue weighted by molar-refractivity contribution is 0.532. The molecule has 102 valence electrons. The van der Waals surface area contributed by atoms with Crippen LogP contribution in [-0.2, 0) is 16.4 Å². The molecule has 1 aromatic carbocycles. The maximum atomic E-state index is 6.28. The highest BCUT2D eigenvalue weighted by Crippen LogP contribution is 2.32. The zero-order chi connectivity index (χ0) is 14.4. The van der Waals surface area contributed by atoms with E-state index in [1.807, 2.05) is 0 Å². The van der Waals surface area contributed by atoms with E-state index in [1.165, 1.54) is 16.7 Å². The van der Waals surface area contributed by atoms with E-state index >= 15 is 0 Å². The van der Waals surface area contributed by atoms with Gasteiger partial charge in [-0.05, 0) is 41.4 Å². The Morgan fingerprint density at radius 3 is 1.11 bits per heavy atom. The van der Waals surface area contributed by atoms with E-state index in [2.05, 4.69) is 73.6 Å². The van der Waals surface area contributed by atoms with Crippen LogP contribution < -0.4 is 5.73 Å². The first-order valence-electron chi connectivity index (χ1n) is 6.77. The highest BCUT2D eigenvalue weighted by atomic mass is 14.7. The molecule has 0 saturated heterocycles. The van der Waals surface area contributed by atoms with E-state index in [9.17, 15) is 0 Å². The Morgan fingerprint density at radius 2 is 0.889 bits per heavy atom. The Balaban J connectivity index is 3.49. The van der Waals surface area contributed by atoms with Crippen LogP contribution in [0.4, 0.5) is 0 Å². The molecule has 0 saturated carbocycles. The van der Waals surface area contributed by atoms with Crippen LogP contribution in [0.3, 0.4) is 0 Å². The van der Waals surface area contributed by atoms with Gasteiger partial charge in [-0.3, -0.25) is 0 Å². The highest BCUT2D eigenvalue weighted by molar-refractivity contribution is 5.39. The fraction of sp³-hybridized carbons (Fsp3) is 0.647. The van der Waals surface area contributed by atoms with Gasteiger partial charge in [-0.2, -0.15) is 0 Å². The van der Waals surface area contributed by atoms with Crippen molar-refractivity contribution in [2.45, 2.75) is 71.8 Å². The first kappa shape index (κ1) is 15.2. The summed E-state index contributed by atoms with van der Waals surface area (Å²) in [6.07, 6.45) is 0. The normalized spacial score (nSPS) is 13.8. The first-order chi connectivity index (χ1) is 7.82. The average molecular weight is 247 g/mol. The number of hydrogen-bond acceptors (Lipinski definition) is 1. The molecule has 0 amide bonds. The summed E-state index contributed by atoms with van der Waals surface area (Å²) in [6.45, 7) is 17.7. The van der Waals surface area contributed by atoms with Gasteiger partial charge in [-0.25, -0.2) is 0 Å². The van der Waals surface area contributed by atoms with Crippen LogP contribution in [0.15, 0.2) is 18.2 Å². The minimum atomic E-state index is -0.290. The lowest BCUT2D eigenvalue weighted by atomic mass is 9.77. The van der Waals surface area contributed by atoms with Crippen molar-refractivity contribution in [3.63, 3.8) is 0 Å². The van der Waals surface area contributed by atoms with Gasteiger partial charge in [-0.1, -0.05) is 59.7 Å². The Morgan fingerprint density at radius 1 is 0.611 bits per heavy atom. The summed E-state index contributed by atoms with van der Waals surface area (Å²) in [4.78, 5) is 0. The van der Waals surface area contributed by atoms with Gasteiger partial charge in [0.2, 0.25) is 0 Å². The van der Waals surface area contributed by atoms with E-state index in [1.54, 1.807) is 0 Å². The quantitative estimate of drug-likeness (QED) is 0.778. The van der Waals surface area contributed by atoms with Crippen molar-refractivity contribution in [2.75, 3.05) is 0 Å². The molecule has 0 aliphatic carbocycles. The molecule has 1 heteroatoms. The van der Waals surface area contributed by atoms with Gasteiger partial charge in [0.1, 0.15) is 0 Å². The van der Waals surface area contributed by atoms with Gasteiger partial charge < -0.3 is 5.73 Å². The summed E-state index contributed by atoms with van der Waals surface area (Å²) >= 11 is 0. The maximum Gasteiger partial charge on any atom is 0.0352 e. The monoisotopic (exact) mass is 247 g/mol. The second-order valence-electron chi connectivity index (χ2n) is 8.02. The number of rotatable bonds is 1. The fourth-order valence-electron chi connectivity index (χ4n) is 1.87. The van der Waals surface area contributed by atoms with Crippen LogP contribution in [0.1, 0.15) is 72.1 Å². The van der Waals surface area contributed by atoms with Gasteiger partial charge in [0.05, 0.1) is 0 Å². The Kier molecular flexibility index (Phi) is 3.71. The van der Waals surface area contributed by atoms with Gasteiger partial charge in [-0.15, -0.1) is 0 Å². The molecule has 1 nitrogen and oxygen atoms in total. The van der Waals surface area contributed by atoms with Crippen molar-refractivity contribution in [2.24, 2.45) is 5.73 Å². The molecule has 0 bridgehead atoms. The molecule has 0 spiro atoms. The number of benzene rings is 1. The summed E-state index contributed by atoms with van der Waals surface area (Å²) < 4.78 is 0. The SMILES string of the molecule is CC(C)(C)c1cc(C(C)(C)C)cc(C(C)(C)N)c1. The van der Waals surface area contributed by atoms with Gasteiger partial charge >= 0.3 is 0 Å². The topological polar surface area (TPSA) is 26.0 Å². The van der Waals surface area contributed by atoms with Crippen LogP contribution in [0, 0.1) is 0 Å². The third kappa shape index (κ3) is 3.58. The Hall–Kier alpha value is -0.820. The number of hydrogen-bond donors (Lipinski definition) is 1. The third-order valence-electron chi connectivity index (χ3n) is 3.41. The highest BCUT2D eigenvalue weighted by Gasteiger charge is 2.24. The van der Waals surface area contributed by atoms with E-state index < -0.39 is 0 Å². The minimum Gasteiger partial charge on any atom is -0.322 e. The first-order valence-corrected chi connectivity index (χ1v) is 6.77. The summed E-state index contributed by atoms with van der Waals surface area (Å²) in [5, 5.41) is 0. The third-order valence-corrected chi connectivity index (χ3v) is 3.41. The second kappa shape index (κ2) is 4.38. The molecule has 0 fully saturated rings. The van der Waals surface area contributed by atoms with Crippen molar-refractivity contribution in [3.8, 4) is 0 Å². The smallest absolute Gasteiger partial charge is 0.0352 e. The molecule has 0 unspecified atom stereocenters. The van der Waals surface area contributed by atoms with Crippen LogP contribution in [0.5, 0.6) is 0 Å². The molecule has 1 aromatic rings. The van der Waals surface area contributed by atoms with Crippen LogP contribution >= 0.6 is 0 Å². The zero-order valence-corrected chi connectivity index (χ0v) is 13.3. The molecular formula is C17H29N. The lowest BCUT2D eigenvalue weighted by Gasteiger charge is -2.29. The van der Waals surface area contributed by atoms with Crippen molar-refractivity contribution < 1.29 is 0 Å². The van der Waals surface area contributed by atoms with Crippen LogP contribution in [0.25, 0.3) is 0 Å². The molecule has 0 heterocycles.